The normalized spacial score (nSPS) is 14.1. The minimum atomic E-state index is 0.320. The summed E-state index contributed by atoms with van der Waals surface area (Å²) < 4.78 is 5.54. The van der Waals surface area contributed by atoms with Crippen molar-refractivity contribution in [3.05, 3.63) is 11.8 Å². The molecule has 0 aromatic carbocycles. The van der Waals surface area contributed by atoms with E-state index in [-0.39, 0.29) is 0 Å². The lowest BCUT2D eigenvalue weighted by Crippen LogP contribution is -2.20. The number of aromatic nitrogens is 2. The Kier molecular flexibility index (Phi) is 6.39. The highest BCUT2D eigenvalue weighted by molar-refractivity contribution is 9.09. The van der Waals surface area contributed by atoms with E-state index < -0.39 is 0 Å². The highest BCUT2D eigenvalue weighted by atomic mass is 79.9. The topological polar surface area (TPSA) is 47.0 Å². The molecule has 0 radical (unpaired) electrons. The first-order valence-electron chi connectivity index (χ1n) is 6.40. The number of anilines is 1. The highest BCUT2D eigenvalue weighted by Gasteiger charge is 2.09. The Bertz CT molecular complexity index is 371. The maximum Gasteiger partial charge on any atom is 0.226 e. The summed E-state index contributed by atoms with van der Waals surface area (Å²) in [5, 5.41) is 3.30. The molecule has 0 bridgehead atoms. The van der Waals surface area contributed by atoms with Crippen LogP contribution in [-0.2, 0) is 0 Å². The van der Waals surface area contributed by atoms with Crippen molar-refractivity contribution in [1.82, 2.24) is 9.97 Å². The van der Waals surface area contributed by atoms with Gasteiger partial charge in [0.15, 0.2) is 0 Å². The largest absolute Gasteiger partial charge is 0.478 e. The van der Waals surface area contributed by atoms with Crippen molar-refractivity contribution in [2.75, 3.05) is 11.9 Å². The first-order valence-corrected chi connectivity index (χ1v) is 7.32. The molecule has 102 valence electrons. The molecule has 1 rings (SSSR count). The van der Waals surface area contributed by atoms with Crippen LogP contribution in [0.3, 0.4) is 0 Å². The van der Waals surface area contributed by atoms with Gasteiger partial charge in [0.25, 0.3) is 0 Å². The van der Waals surface area contributed by atoms with E-state index >= 15 is 0 Å². The molecule has 0 aliphatic rings. The Balaban J connectivity index is 2.67. The number of hydrogen-bond acceptors (Lipinski definition) is 4. The minimum absolute atomic E-state index is 0.320. The first-order chi connectivity index (χ1) is 8.51. The molecular formula is C13H22BrN3O. The molecule has 18 heavy (non-hydrogen) atoms. The SMILES string of the molecule is CCCOc1cc(C)nc(NC(C)CC(C)Br)n1. The number of ether oxygens (including phenoxy) is 1. The van der Waals surface area contributed by atoms with Crippen LogP contribution in [0.1, 0.15) is 39.3 Å². The van der Waals surface area contributed by atoms with E-state index in [0.29, 0.717) is 29.3 Å². The molecule has 0 spiro atoms. The lowest BCUT2D eigenvalue weighted by molar-refractivity contribution is 0.305. The van der Waals surface area contributed by atoms with Gasteiger partial charge >= 0.3 is 0 Å². The van der Waals surface area contributed by atoms with Crippen LogP contribution in [0.2, 0.25) is 0 Å². The van der Waals surface area contributed by atoms with E-state index in [1.54, 1.807) is 0 Å². The molecule has 4 nitrogen and oxygen atoms in total. The van der Waals surface area contributed by atoms with E-state index in [1.807, 2.05) is 13.0 Å². The summed E-state index contributed by atoms with van der Waals surface area (Å²) in [5.41, 5.74) is 0.915. The minimum Gasteiger partial charge on any atom is -0.478 e. The fraction of sp³-hybridized carbons (Fsp3) is 0.692. The summed E-state index contributed by atoms with van der Waals surface area (Å²) in [6, 6.07) is 2.18. The number of aryl methyl sites for hydroxylation is 1. The molecule has 0 saturated heterocycles. The molecule has 2 atom stereocenters. The Morgan fingerprint density at radius 2 is 2.11 bits per heavy atom. The summed E-state index contributed by atoms with van der Waals surface area (Å²) in [6.45, 7) is 8.96. The number of rotatable bonds is 7. The monoisotopic (exact) mass is 315 g/mol. The number of hydrogen-bond donors (Lipinski definition) is 1. The second kappa shape index (κ2) is 7.56. The van der Waals surface area contributed by atoms with Gasteiger partial charge in [-0.2, -0.15) is 4.98 Å². The molecule has 1 N–H and O–H groups in total. The van der Waals surface area contributed by atoms with Gasteiger partial charge in [0.1, 0.15) is 0 Å². The third-order valence-corrected chi connectivity index (χ3v) is 2.71. The van der Waals surface area contributed by atoms with E-state index in [9.17, 15) is 0 Å². The number of alkyl halides is 1. The molecular weight excluding hydrogens is 294 g/mol. The summed E-state index contributed by atoms with van der Waals surface area (Å²) >= 11 is 3.55. The Hall–Kier alpha value is -0.840. The van der Waals surface area contributed by atoms with Crippen LogP contribution in [0.25, 0.3) is 0 Å². The van der Waals surface area contributed by atoms with Crippen molar-refractivity contribution in [3.8, 4) is 5.88 Å². The van der Waals surface area contributed by atoms with Crippen LogP contribution in [0, 0.1) is 6.92 Å². The van der Waals surface area contributed by atoms with Gasteiger partial charge in [0.2, 0.25) is 11.8 Å². The van der Waals surface area contributed by atoms with Gasteiger partial charge in [-0.05, 0) is 26.7 Å². The second-order valence-corrected chi connectivity index (χ2v) is 6.14. The van der Waals surface area contributed by atoms with Crippen molar-refractivity contribution >= 4 is 21.9 Å². The summed E-state index contributed by atoms with van der Waals surface area (Å²) in [6.07, 6.45) is 1.99. The number of nitrogens with zero attached hydrogens (tertiary/aromatic N) is 2. The van der Waals surface area contributed by atoms with E-state index in [2.05, 4.69) is 52.0 Å². The van der Waals surface area contributed by atoms with Gasteiger partial charge in [-0.15, -0.1) is 0 Å². The van der Waals surface area contributed by atoms with E-state index in [0.717, 1.165) is 18.5 Å². The maximum absolute atomic E-state index is 5.54. The van der Waals surface area contributed by atoms with Crippen LogP contribution in [0.4, 0.5) is 5.95 Å². The lowest BCUT2D eigenvalue weighted by atomic mass is 10.2. The van der Waals surface area contributed by atoms with Crippen LogP contribution in [0.5, 0.6) is 5.88 Å². The van der Waals surface area contributed by atoms with Gasteiger partial charge in [-0.3, -0.25) is 0 Å². The van der Waals surface area contributed by atoms with E-state index in [1.165, 1.54) is 0 Å². The summed E-state index contributed by atoms with van der Waals surface area (Å²) in [5.74, 6) is 1.28. The Labute approximate surface area is 118 Å². The summed E-state index contributed by atoms with van der Waals surface area (Å²) in [4.78, 5) is 9.20. The van der Waals surface area contributed by atoms with Gasteiger partial charge < -0.3 is 10.1 Å². The molecule has 0 amide bonds. The van der Waals surface area contributed by atoms with Crippen molar-refractivity contribution in [3.63, 3.8) is 0 Å². The van der Waals surface area contributed by atoms with E-state index in [4.69, 9.17) is 4.74 Å². The van der Waals surface area contributed by atoms with Crippen LogP contribution < -0.4 is 10.1 Å². The maximum atomic E-state index is 5.54. The third-order valence-electron chi connectivity index (χ3n) is 2.34. The third kappa shape index (κ3) is 5.67. The summed E-state index contributed by atoms with van der Waals surface area (Å²) in [7, 11) is 0. The molecule has 0 aliphatic carbocycles. The van der Waals surface area contributed by atoms with Crippen molar-refractivity contribution in [1.29, 1.82) is 0 Å². The first kappa shape index (κ1) is 15.2. The average molecular weight is 316 g/mol. The van der Waals surface area contributed by atoms with Gasteiger partial charge in [0.05, 0.1) is 6.61 Å². The van der Waals surface area contributed by atoms with Crippen LogP contribution >= 0.6 is 15.9 Å². The molecule has 0 fully saturated rings. The number of nitrogens with one attached hydrogen (secondary N) is 1. The molecule has 1 heterocycles. The van der Waals surface area contributed by atoms with Gasteiger partial charge in [-0.25, -0.2) is 4.98 Å². The zero-order valence-corrected chi connectivity index (χ0v) is 13.1. The zero-order valence-electron chi connectivity index (χ0n) is 11.5. The zero-order chi connectivity index (χ0) is 13.5. The van der Waals surface area contributed by atoms with Crippen LogP contribution in [-0.4, -0.2) is 27.4 Å². The molecule has 1 aromatic heterocycles. The predicted molar refractivity (Wildman–Crippen MR) is 78.6 cm³/mol. The van der Waals surface area contributed by atoms with Crippen LogP contribution in [0.15, 0.2) is 6.07 Å². The quantitative estimate of drug-likeness (QED) is 0.782. The highest BCUT2D eigenvalue weighted by Crippen LogP contribution is 2.15. The van der Waals surface area contributed by atoms with Gasteiger partial charge in [-0.1, -0.05) is 29.8 Å². The lowest BCUT2D eigenvalue weighted by Gasteiger charge is -2.16. The fourth-order valence-corrected chi connectivity index (χ4v) is 2.21. The average Bonchev–Trinajstić information content (AvgIpc) is 2.24. The van der Waals surface area contributed by atoms with Gasteiger partial charge in [0, 0.05) is 22.6 Å². The second-order valence-electron chi connectivity index (χ2n) is 4.58. The predicted octanol–water partition coefficient (Wildman–Crippen LogP) is 3.55. The Morgan fingerprint density at radius 1 is 1.39 bits per heavy atom. The molecule has 5 heteroatoms. The molecule has 0 aliphatic heterocycles. The van der Waals surface area contributed by atoms with Crippen molar-refractivity contribution in [2.45, 2.75) is 51.4 Å². The fourth-order valence-electron chi connectivity index (χ4n) is 1.65. The van der Waals surface area contributed by atoms with Crippen molar-refractivity contribution in [2.24, 2.45) is 0 Å². The smallest absolute Gasteiger partial charge is 0.226 e. The molecule has 2 unspecified atom stereocenters. The Morgan fingerprint density at radius 3 is 2.72 bits per heavy atom. The molecule has 0 saturated carbocycles. The number of halogens is 1. The standard InChI is InChI=1S/C13H22BrN3O/c1-5-6-18-12-8-11(4)16-13(17-12)15-10(3)7-9(2)14/h8-10H,5-7H2,1-4H3,(H,15,16,17). The van der Waals surface area contributed by atoms with Crippen molar-refractivity contribution < 1.29 is 4.74 Å². The molecule has 1 aromatic rings.